The molecule has 10 aromatic carbocycles. The Kier molecular flexibility index (Phi) is 7.00. The van der Waals surface area contributed by atoms with E-state index in [1.165, 1.54) is 110 Å². The molecule has 0 heterocycles. The maximum Gasteiger partial charge on any atom is 0.0171 e. The summed E-state index contributed by atoms with van der Waals surface area (Å²) in [6.45, 7) is 4.82. The molecule has 0 nitrogen and oxygen atoms in total. The Bertz CT molecular complexity index is 3100. The molecule has 0 heteroatoms. The molecule has 55 heavy (non-hydrogen) atoms. The predicted molar refractivity (Wildman–Crippen MR) is 236 cm³/mol. The van der Waals surface area contributed by atoms with Crippen molar-refractivity contribution in [3.8, 4) is 55.6 Å². The van der Waals surface area contributed by atoms with Gasteiger partial charge in [0.25, 0.3) is 0 Å². The molecule has 0 N–H and O–H groups in total. The van der Waals surface area contributed by atoms with Crippen LogP contribution in [0.25, 0.3) is 98.7 Å². The number of hydrogen-bond acceptors (Lipinski definition) is 0. The maximum atomic E-state index is 2.43. The Morgan fingerprint density at radius 1 is 0.273 bits per heavy atom. The highest BCUT2D eigenvalue weighted by Crippen LogP contribution is 2.54. The normalized spacial score (nSPS) is 13.1. The number of hydrogen-bond donors (Lipinski definition) is 0. The van der Waals surface area contributed by atoms with Crippen LogP contribution in [0.15, 0.2) is 194 Å². The fourth-order valence-electron chi connectivity index (χ4n) is 9.87. The zero-order valence-corrected chi connectivity index (χ0v) is 31.0. The number of benzene rings is 10. The molecule has 0 bridgehead atoms. The molecule has 10 aromatic rings. The molecule has 0 unspecified atom stereocenters. The molecule has 0 spiro atoms. The first-order chi connectivity index (χ1) is 27.1. The van der Waals surface area contributed by atoms with Gasteiger partial charge in [-0.05, 0) is 116 Å². The molecular weight excluding hydrogens is 661 g/mol. The first kappa shape index (κ1) is 31.7. The van der Waals surface area contributed by atoms with Gasteiger partial charge < -0.3 is 0 Å². The summed E-state index contributed by atoms with van der Waals surface area (Å²) < 4.78 is 0. The second kappa shape index (κ2) is 12.1. The molecule has 0 radical (unpaired) electrons. The van der Waals surface area contributed by atoms with Crippen LogP contribution >= 0.6 is 0 Å². The summed E-state index contributed by atoms with van der Waals surface area (Å²) in [6.07, 6.45) is 0. The largest absolute Gasteiger partial charge is 0.0616 e. The highest BCUT2D eigenvalue weighted by molar-refractivity contribution is 6.21. The van der Waals surface area contributed by atoms with Crippen LogP contribution < -0.4 is 0 Å². The van der Waals surface area contributed by atoms with Crippen LogP contribution in [-0.4, -0.2) is 0 Å². The van der Waals surface area contributed by atoms with E-state index in [2.05, 4.69) is 208 Å². The summed E-state index contributed by atoms with van der Waals surface area (Å²) in [4.78, 5) is 0. The highest BCUT2D eigenvalue weighted by Gasteiger charge is 2.38. The van der Waals surface area contributed by atoms with E-state index in [0.29, 0.717) is 0 Å². The second-order valence-electron chi connectivity index (χ2n) is 15.6. The van der Waals surface area contributed by atoms with E-state index in [0.717, 1.165) is 0 Å². The monoisotopic (exact) mass is 698 g/mol. The smallest absolute Gasteiger partial charge is 0.0171 e. The lowest BCUT2D eigenvalue weighted by molar-refractivity contribution is 0.668. The quantitative estimate of drug-likeness (QED) is 0.161. The lowest BCUT2D eigenvalue weighted by atomic mass is 9.77. The van der Waals surface area contributed by atoms with Gasteiger partial charge in [0, 0.05) is 5.41 Å². The van der Waals surface area contributed by atoms with Gasteiger partial charge in [0.05, 0.1) is 0 Å². The van der Waals surface area contributed by atoms with Crippen molar-refractivity contribution in [2.45, 2.75) is 19.3 Å². The molecule has 0 fully saturated rings. The number of rotatable bonds is 4. The molecule has 0 saturated carbocycles. The van der Waals surface area contributed by atoms with Crippen molar-refractivity contribution >= 4 is 43.1 Å². The van der Waals surface area contributed by atoms with Gasteiger partial charge in [0.2, 0.25) is 0 Å². The van der Waals surface area contributed by atoms with Crippen LogP contribution in [0.2, 0.25) is 0 Å². The van der Waals surface area contributed by atoms with Crippen molar-refractivity contribution < 1.29 is 0 Å². The van der Waals surface area contributed by atoms with Gasteiger partial charge in [-0.2, -0.15) is 0 Å². The van der Waals surface area contributed by atoms with E-state index in [9.17, 15) is 0 Å². The van der Waals surface area contributed by atoms with Gasteiger partial charge >= 0.3 is 0 Å². The topological polar surface area (TPSA) is 0 Å². The van der Waals surface area contributed by atoms with Crippen LogP contribution in [0.5, 0.6) is 0 Å². The Hall–Kier alpha value is -6.76. The van der Waals surface area contributed by atoms with E-state index in [1.54, 1.807) is 0 Å². The third-order valence-electron chi connectivity index (χ3n) is 12.2. The van der Waals surface area contributed by atoms with E-state index in [1.807, 2.05) is 0 Å². The van der Waals surface area contributed by atoms with E-state index < -0.39 is 0 Å². The summed E-state index contributed by atoms with van der Waals surface area (Å²) in [5, 5.41) is 10.3. The Morgan fingerprint density at radius 2 is 0.727 bits per heavy atom. The maximum absolute atomic E-state index is 2.43. The Morgan fingerprint density at radius 3 is 1.42 bits per heavy atom. The molecule has 0 amide bonds. The molecule has 0 atom stereocenters. The molecule has 0 saturated heterocycles. The fraction of sp³-hybridized carbons (Fsp3) is 0.0545. The van der Waals surface area contributed by atoms with Gasteiger partial charge in [-0.3, -0.25) is 0 Å². The minimum Gasteiger partial charge on any atom is -0.0616 e. The van der Waals surface area contributed by atoms with E-state index >= 15 is 0 Å². The first-order valence-electron chi connectivity index (χ1n) is 19.4. The summed E-state index contributed by atoms with van der Waals surface area (Å²) in [7, 11) is 0. The number of fused-ring (bicyclic) bond motifs is 8. The lowest BCUT2D eigenvalue weighted by Gasteiger charge is -2.26. The van der Waals surface area contributed by atoms with Crippen LogP contribution in [0.3, 0.4) is 0 Å². The zero-order valence-electron chi connectivity index (χ0n) is 31.0. The van der Waals surface area contributed by atoms with Crippen LogP contribution in [0.1, 0.15) is 25.0 Å². The molecule has 1 aliphatic carbocycles. The van der Waals surface area contributed by atoms with Crippen molar-refractivity contribution in [3.05, 3.63) is 205 Å². The van der Waals surface area contributed by atoms with Crippen LogP contribution in [-0.2, 0) is 5.41 Å². The van der Waals surface area contributed by atoms with Gasteiger partial charge in [-0.25, -0.2) is 0 Å². The van der Waals surface area contributed by atoms with Gasteiger partial charge in [0.1, 0.15) is 0 Å². The van der Waals surface area contributed by atoms with Crippen LogP contribution in [0.4, 0.5) is 0 Å². The summed E-state index contributed by atoms with van der Waals surface area (Å²) in [5.74, 6) is 0. The third kappa shape index (κ3) is 4.78. The first-order valence-corrected chi connectivity index (χ1v) is 19.4. The molecule has 258 valence electrons. The van der Waals surface area contributed by atoms with Crippen molar-refractivity contribution in [3.63, 3.8) is 0 Å². The van der Waals surface area contributed by atoms with Crippen molar-refractivity contribution in [2.75, 3.05) is 0 Å². The van der Waals surface area contributed by atoms with Gasteiger partial charge in [0.15, 0.2) is 0 Å². The summed E-state index contributed by atoms with van der Waals surface area (Å²) in [5.41, 5.74) is 15.5. The van der Waals surface area contributed by atoms with Gasteiger partial charge in [-0.15, -0.1) is 0 Å². The van der Waals surface area contributed by atoms with Crippen molar-refractivity contribution in [1.29, 1.82) is 0 Å². The SMILES string of the molecule is CC1(C)c2c(-c3cccc(-c4c5ccccc5c(-c5ccc(-c6cccc7ccccc67)cc5)c5ccccc45)c3)cccc2-c2ccc3ccccc3c21. The van der Waals surface area contributed by atoms with E-state index in [4.69, 9.17) is 0 Å². The zero-order chi connectivity index (χ0) is 36.7. The third-order valence-corrected chi connectivity index (χ3v) is 12.2. The second-order valence-corrected chi connectivity index (χ2v) is 15.6. The standard InChI is InChI=1S/C55H38/c1-55(2)53-43-20-6-4-15-36(43)32-33-50(53)49-27-13-26-44(54(49)55)39-17-11-18-40(34-39)52-47-23-9-7-21-45(47)51(46-22-8-10-24-48(46)52)38-30-28-37(29-31-38)42-25-12-16-35-14-3-5-19-41(35)42/h3-34H,1-2H3. The molecule has 11 rings (SSSR count). The Labute approximate surface area is 322 Å². The molecule has 0 aliphatic heterocycles. The highest BCUT2D eigenvalue weighted by atomic mass is 14.4. The summed E-state index contributed by atoms with van der Waals surface area (Å²) >= 11 is 0. The summed E-state index contributed by atoms with van der Waals surface area (Å²) in [6, 6.07) is 72.0. The average Bonchev–Trinajstić information content (AvgIpc) is 3.49. The van der Waals surface area contributed by atoms with Crippen molar-refractivity contribution in [2.24, 2.45) is 0 Å². The van der Waals surface area contributed by atoms with Crippen LogP contribution in [0, 0.1) is 0 Å². The molecular formula is C55H38. The minimum absolute atomic E-state index is 0.150. The molecule has 1 aliphatic rings. The van der Waals surface area contributed by atoms with Crippen molar-refractivity contribution in [1.82, 2.24) is 0 Å². The lowest BCUT2D eigenvalue weighted by Crippen LogP contribution is -2.16. The fourth-order valence-corrected chi connectivity index (χ4v) is 9.87. The predicted octanol–water partition coefficient (Wildman–Crippen LogP) is 15.3. The minimum atomic E-state index is -0.150. The molecule has 0 aromatic heterocycles. The average molecular weight is 699 g/mol. The Balaban J connectivity index is 1.07. The van der Waals surface area contributed by atoms with Gasteiger partial charge in [-0.1, -0.05) is 202 Å². The van der Waals surface area contributed by atoms with E-state index in [-0.39, 0.29) is 5.41 Å².